The Morgan fingerprint density at radius 3 is 2.85 bits per heavy atom. The third-order valence-corrected chi connectivity index (χ3v) is 2.24. The molecule has 0 radical (unpaired) electrons. The van der Waals surface area contributed by atoms with Crippen LogP contribution in [0.2, 0.25) is 5.02 Å². The highest BCUT2D eigenvalue weighted by Gasteiger charge is 2.24. The Labute approximate surface area is 82.3 Å². The quantitative estimate of drug-likeness (QED) is 0.719. The minimum absolute atomic E-state index is 0.290. The van der Waals surface area contributed by atoms with Crippen molar-refractivity contribution >= 4 is 11.6 Å². The third-order valence-electron chi connectivity index (χ3n) is 2.02. The number of likely N-dealkylation sites (tertiary alicyclic amines) is 1. The minimum Gasteiger partial charge on any atom is -0.472 e. The monoisotopic (exact) mass is 198 g/mol. The summed E-state index contributed by atoms with van der Waals surface area (Å²) < 4.78 is 5.56. The molecule has 0 amide bonds. The molecule has 1 fully saturated rings. The second-order valence-corrected chi connectivity index (χ2v) is 3.71. The first kappa shape index (κ1) is 8.78. The van der Waals surface area contributed by atoms with E-state index in [0.717, 1.165) is 13.1 Å². The Bertz CT molecular complexity index is 282. The highest BCUT2D eigenvalue weighted by Crippen LogP contribution is 2.16. The van der Waals surface area contributed by atoms with E-state index in [-0.39, 0.29) is 0 Å². The molecular formula is C9H11ClN2O. The van der Waals surface area contributed by atoms with E-state index in [9.17, 15) is 0 Å². The van der Waals surface area contributed by atoms with Crippen molar-refractivity contribution in [3.8, 4) is 5.88 Å². The van der Waals surface area contributed by atoms with Crippen molar-refractivity contribution in [3.63, 3.8) is 0 Å². The van der Waals surface area contributed by atoms with Gasteiger partial charge in [-0.15, -0.1) is 0 Å². The summed E-state index contributed by atoms with van der Waals surface area (Å²) in [6, 6.07) is 3.58. The number of hydrogen-bond acceptors (Lipinski definition) is 3. The van der Waals surface area contributed by atoms with Gasteiger partial charge in [-0.1, -0.05) is 11.6 Å². The molecule has 1 aliphatic rings. The van der Waals surface area contributed by atoms with Crippen LogP contribution in [0.3, 0.4) is 0 Å². The van der Waals surface area contributed by atoms with Crippen LogP contribution in [0.4, 0.5) is 0 Å². The van der Waals surface area contributed by atoms with Gasteiger partial charge in [0.25, 0.3) is 0 Å². The molecule has 70 valence electrons. The summed E-state index contributed by atoms with van der Waals surface area (Å²) in [6.45, 7) is 1.95. The predicted molar refractivity (Wildman–Crippen MR) is 51.2 cm³/mol. The first-order chi connectivity index (χ1) is 6.24. The van der Waals surface area contributed by atoms with Crippen LogP contribution in [0, 0.1) is 0 Å². The number of aromatic nitrogens is 1. The molecule has 2 rings (SSSR count). The predicted octanol–water partition coefficient (Wildman–Crippen LogP) is 1.43. The molecule has 0 N–H and O–H groups in total. The summed E-state index contributed by atoms with van der Waals surface area (Å²) in [5.74, 6) is 0.655. The standard InChI is InChI=1S/C9H11ClN2O/c1-12-5-8(6-12)13-9-3-2-7(10)4-11-9/h2-4,8H,5-6H2,1H3. The zero-order valence-corrected chi connectivity index (χ0v) is 8.16. The lowest BCUT2D eigenvalue weighted by molar-refractivity contribution is 0.0356. The molecule has 0 unspecified atom stereocenters. The summed E-state index contributed by atoms with van der Waals surface area (Å²) in [5.41, 5.74) is 0. The molecule has 0 spiro atoms. The van der Waals surface area contributed by atoms with Gasteiger partial charge in [0.05, 0.1) is 5.02 Å². The van der Waals surface area contributed by atoms with Gasteiger partial charge >= 0.3 is 0 Å². The maximum atomic E-state index is 5.69. The molecule has 0 aromatic carbocycles. The van der Waals surface area contributed by atoms with Crippen molar-refractivity contribution in [2.45, 2.75) is 6.10 Å². The first-order valence-corrected chi connectivity index (χ1v) is 4.58. The molecule has 1 aliphatic heterocycles. The van der Waals surface area contributed by atoms with E-state index in [1.807, 2.05) is 0 Å². The maximum absolute atomic E-state index is 5.69. The fraction of sp³-hybridized carbons (Fsp3) is 0.444. The molecule has 13 heavy (non-hydrogen) atoms. The summed E-state index contributed by atoms with van der Waals surface area (Å²) >= 11 is 5.69. The van der Waals surface area contributed by atoms with Crippen LogP contribution in [0.5, 0.6) is 5.88 Å². The Morgan fingerprint density at radius 1 is 1.54 bits per heavy atom. The van der Waals surface area contributed by atoms with E-state index in [4.69, 9.17) is 16.3 Å². The van der Waals surface area contributed by atoms with Crippen LogP contribution < -0.4 is 4.74 Å². The molecule has 1 saturated heterocycles. The average molecular weight is 199 g/mol. The molecular weight excluding hydrogens is 188 g/mol. The highest BCUT2D eigenvalue weighted by atomic mass is 35.5. The molecule has 3 nitrogen and oxygen atoms in total. The summed E-state index contributed by atoms with van der Waals surface area (Å²) in [6.07, 6.45) is 1.89. The highest BCUT2D eigenvalue weighted by molar-refractivity contribution is 6.30. The van der Waals surface area contributed by atoms with Crippen LogP contribution in [0.25, 0.3) is 0 Å². The number of nitrogens with zero attached hydrogens (tertiary/aromatic N) is 2. The van der Waals surface area contributed by atoms with Crippen molar-refractivity contribution in [3.05, 3.63) is 23.4 Å². The first-order valence-electron chi connectivity index (χ1n) is 4.21. The van der Waals surface area contributed by atoms with Gasteiger partial charge in [-0.25, -0.2) is 4.98 Å². The number of pyridine rings is 1. The Morgan fingerprint density at radius 2 is 2.31 bits per heavy atom. The second kappa shape index (κ2) is 3.52. The molecule has 0 saturated carbocycles. The molecule has 0 bridgehead atoms. The fourth-order valence-electron chi connectivity index (χ4n) is 1.32. The van der Waals surface area contributed by atoms with E-state index in [1.165, 1.54) is 0 Å². The lowest BCUT2D eigenvalue weighted by Crippen LogP contribution is -2.51. The van der Waals surface area contributed by atoms with Gasteiger partial charge in [0.2, 0.25) is 5.88 Å². The molecule has 0 aliphatic carbocycles. The van der Waals surface area contributed by atoms with Crippen LogP contribution in [0.1, 0.15) is 0 Å². The van der Waals surface area contributed by atoms with Crippen LogP contribution >= 0.6 is 11.6 Å². The topological polar surface area (TPSA) is 25.4 Å². The fourth-order valence-corrected chi connectivity index (χ4v) is 1.43. The van der Waals surface area contributed by atoms with Gasteiger partial charge in [0.15, 0.2) is 0 Å². The van der Waals surface area contributed by atoms with Crippen molar-refractivity contribution in [2.75, 3.05) is 20.1 Å². The summed E-state index contributed by atoms with van der Waals surface area (Å²) in [7, 11) is 2.06. The Hall–Kier alpha value is -0.800. The minimum atomic E-state index is 0.290. The number of hydrogen-bond donors (Lipinski definition) is 0. The lowest BCUT2D eigenvalue weighted by Gasteiger charge is -2.35. The van der Waals surface area contributed by atoms with E-state index in [0.29, 0.717) is 17.0 Å². The van der Waals surface area contributed by atoms with Crippen LogP contribution in [0.15, 0.2) is 18.3 Å². The van der Waals surface area contributed by atoms with E-state index >= 15 is 0 Å². The maximum Gasteiger partial charge on any atom is 0.213 e. The van der Waals surface area contributed by atoms with Gasteiger partial charge in [-0.3, -0.25) is 4.90 Å². The zero-order chi connectivity index (χ0) is 9.26. The molecule has 2 heterocycles. The third kappa shape index (κ3) is 2.11. The Balaban J connectivity index is 1.91. The SMILES string of the molecule is CN1CC(Oc2ccc(Cl)cn2)C1. The lowest BCUT2D eigenvalue weighted by atomic mass is 10.2. The normalized spacial score (nSPS) is 18.3. The molecule has 1 aromatic rings. The summed E-state index contributed by atoms with van der Waals surface area (Å²) in [4.78, 5) is 6.25. The van der Waals surface area contributed by atoms with E-state index < -0.39 is 0 Å². The number of rotatable bonds is 2. The van der Waals surface area contributed by atoms with Crippen molar-refractivity contribution in [1.29, 1.82) is 0 Å². The molecule has 1 aromatic heterocycles. The van der Waals surface area contributed by atoms with Gasteiger partial charge in [0, 0.05) is 25.4 Å². The second-order valence-electron chi connectivity index (χ2n) is 3.28. The number of halogens is 1. The van der Waals surface area contributed by atoms with E-state index in [1.54, 1.807) is 18.3 Å². The number of ether oxygens (including phenoxy) is 1. The van der Waals surface area contributed by atoms with Gasteiger partial charge in [-0.05, 0) is 13.1 Å². The van der Waals surface area contributed by atoms with Crippen molar-refractivity contribution in [1.82, 2.24) is 9.88 Å². The van der Waals surface area contributed by atoms with E-state index in [2.05, 4.69) is 16.9 Å². The zero-order valence-electron chi connectivity index (χ0n) is 7.40. The van der Waals surface area contributed by atoms with Gasteiger partial charge in [-0.2, -0.15) is 0 Å². The molecule has 0 atom stereocenters. The average Bonchev–Trinajstić information content (AvgIpc) is 2.06. The van der Waals surface area contributed by atoms with Gasteiger partial charge < -0.3 is 4.74 Å². The largest absolute Gasteiger partial charge is 0.472 e. The van der Waals surface area contributed by atoms with Crippen molar-refractivity contribution in [2.24, 2.45) is 0 Å². The van der Waals surface area contributed by atoms with Crippen LogP contribution in [-0.4, -0.2) is 36.1 Å². The van der Waals surface area contributed by atoms with Crippen molar-refractivity contribution < 1.29 is 4.74 Å². The summed E-state index contributed by atoms with van der Waals surface area (Å²) in [5, 5.41) is 0.637. The Kier molecular flexibility index (Phi) is 2.38. The van der Waals surface area contributed by atoms with Gasteiger partial charge in [0.1, 0.15) is 6.10 Å². The smallest absolute Gasteiger partial charge is 0.213 e. The van der Waals surface area contributed by atoms with Crippen LogP contribution in [-0.2, 0) is 0 Å². The number of likely N-dealkylation sites (N-methyl/N-ethyl adjacent to an activating group) is 1. The molecule has 4 heteroatoms.